The Balaban J connectivity index is 3.25. The maximum absolute atomic E-state index is 13.9. The summed E-state index contributed by atoms with van der Waals surface area (Å²) in [5.74, 6) is -5.07. The molecule has 22 heavy (non-hydrogen) atoms. The van der Waals surface area contributed by atoms with Gasteiger partial charge in [0.2, 0.25) is 0 Å². The van der Waals surface area contributed by atoms with E-state index in [2.05, 4.69) is 14.8 Å². The minimum atomic E-state index is -3.40. The summed E-state index contributed by atoms with van der Waals surface area (Å²) in [4.78, 5) is 22.6. The van der Waals surface area contributed by atoms with Gasteiger partial charge < -0.3 is 14.8 Å². The highest BCUT2D eigenvalue weighted by Gasteiger charge is 2.23. The molecule has 1 rings (SSSR count). The molecule has 0 fully saturated rings. The predicted octanol–water partition coefficient (Wildman–Crippen LogP) is 2.54. The zero-order valence-electron chi connectivity index (χ0n) is 11.5. The molecule has 0 spiro atoms. The van der Waals surface area contributed by atoms with Crippen LogP contribution >= 0.6 is 0 Å². The number of halogens is 4. The van der Waals surface area contributed by atoms with Gasteiger partial charge in [-0.3, -0.25) is 0 Å². The van der Waals surface area contributed by atoms with Crippen LogP contribution in [0.25, 0.3) is 0 Å². The molecular weight excluding hydrogens is 310 g/mol. The number of rotatable bonds is 5. The highest BCUT2D eigenvalue weighted by atomic mass is 19.3. The van der Waals surface area contributed by atoms with Gasteiger partial charge in [-0.25, -0.2) is 27.2 Å². The second-order valence-electron chi connectivity index (χ2n) is 3.82. The van der Waals surface area contributed by atoms with Crippen LogP contribution in [0.1, 0.15) is 12.0 Å². The lowest BCUT2D eigenvalue weighted by Gasteiger charge is -2.12. The number of benzene rings is 1. The summed E-state index contributed by atoms with van der Waals surface area (Å²) in [5, 5.41) is 2.10. The van der Waals surface area contributed by atoms with Crippen LogP contribution in [-0.2, 0) is 19.1 Å². The van der Waals surface area contributed by atoms with E-state index in [0.717, 1.165) is 20.3 Å². The standard InChI is InChI=1S/C13H11F4NO4/c1-21-9(19)5-8(13(20)22-2)18-7-4-3-6(14)10(11(7)15)12(16)17/h3-5,12,18H,1-2H3/b8-5+. The van der Waals surface area contributed by atoms with Gasteiger partial charge in [0, 0.05) is 0 Å². The maximum atomic E-state index is 13.9. The second-order valence-corrected chi connectivity index (χ2v) is 3.82. The van der Waals surface area contributed by atoms with Crippen LogP contribution < -0.4 is 5.32 Å². The van der Waals surface area contributed by atoms with Crippen molar-refractivity contribution in [3.8, 4) is 0 Å². The van der Waals surface area contributed by atoms with Crippen molar-refractivity contribution in [2.75, 3.05) is 19.5 Å². The van der Waals surface area contributed by atoms with E-state index in [1.807, 2.05) is 0 Å². The molecule has 120 valence electrons. The summed E-state index contributed by atoms with van der Waals surface area (Å²) < 4.78 is 60.9. The Bertz CT molecular complexity index is 616. The van der Waals surface area contributed by atoms with Gasteiger partial charge in [0.1, 0.15) is 11.5 Å². The van der Waals surface area contributed by atoms with Gasteiger partial charge in [0.25, 0.3) is 6.43 Å². The van der Waals surface area contributed by atoms with E-state index < -0.39 is 46.9 Å². The Hall–Kier alpha value is -2.58. The fourth-order valence-corrected chi connectivity index (χ4v) is 1.44. The number of methoxy groups -OCH3 is 2. The average molecular weight is 321 g/mol. The average Bonchev–Trinajstić information content (AvgIpc) is 2.47. The smallest absolute Gasteiger partial charge is 0.354 e. The number of ether oxygens (including phenoxy) is 2. The summed E-state index contributed by atoms with van der Waals surface area (Å²) in [6.07, 6.45) is -2.76. The lowest BCUT2D eigenvalue weighted by atomic mass is 10.1. The lowest BCUT2D eigenvalue weighted by Crippen LogP contribution is -2.16. The molecule has 0 aliphatic rings. The molecule has 1 aromatic carbocycles. The predicted molar refractivity (Wildman–Crippen MR) is 67.1 cm³/mol. The molecule has 0 unspecified atom stereocenters. The van der Waals surface area contributed by atoms with Gasteiger partial charge in [0.05, 0.1) is 31.5 Å². The molecule has 0 heterocycles. The maximum Gasteiger partial charge on any atom is 0.354 e. The molecule has 0 aliphatic carbocycles. The van der Waals surface area contributed by atoms with E-state index in [-0.39, 0.29) is 0 Å². The van der Waals surface area contributed by atoms with Crippen LogP contribution in [-0.4, -0.2) is 26.2 Å². The third kappa shape index (κ3) is 3.96. The molecule has 0 atom stereocenters. The molecule has 0 bridgehead atoms. The Morgan fingerprint density at radius 2 is 1.82 bits per heavy atom. The normalized spacial score (nSPS) is 11.3. The van der Waals surface area contributed by atoms with Crippen LogP contribution in [0.3, 0.4) is 0 Å². The number of nitrogens with one attached hydrogen (secondary N) is 1. The monoisotopic (exact) mass is 321 g/mol. The molecule has 0 saturated heterocycles. The molecule has 0 amide bonds. The Labute approximate surface area is 122 Å². The summed E-state index contributed by atoms with van der Waals surface area (Å²) in [5.41, 5.74) is -2.65. The lowest BCUT2D eigenvalue weighted by molar-refractivity contribution is -0.138. The minimum absolute atomic E-state index is 0.569. The Kier molecular flexibility index (Phi) is 5.90. The van der Waals surface area contributed by atoms with E-state index in [0.29, 0.717) is 12.1 Å². The molecule has 1 N–H and O–H groups in total. The van der Waals surface area contributed by atoms with Crippen LogP contribution in [0.15, 0.2) is 23.9 Å². The zero-order chi connectivity index (χ0) is 16.9. The van der Waals surface area contributed by atoms with Crippen LogP contribution in [0.2, 0.25) is 0 Å². The van der Waals surface area contributed by atoms with Gasteiger partial charge in [0.15, 0.2) is 5.82 Å². The summed E-state index contributed by atoms with van der Waals surface area (Å²) in [6.45, 7) is 0. The SMILES string of the molecule is COC(=O)/C=C(/Nc1ccc(F)c(C(F)F)c1F)C(=O)OC. The highest BCUT2D eigenvalue weighted by Crippen LogP contribution is 2.30. The molecule has 0 aromatic heterocycles. The van der Waals surface area contributed by atoms with Gasteiger partial charge >= 0.3 is 11.9 Å². The van der Waals surface area contributed by atoms with Crippen molar-refractivity contribution in [1.82, 2.24) is 0 Å². The molecular formula is C13H11F4NO4. The van der Waals surface area contributed by atoms with Crippen molar-refractivity contribution in [2.45, 2.75) is 6.43 Å². The van der Waals surface area contributed by atoms with E-state index in [9.17, 15) is 27.2 Å². The molecule has 0 radical (unpaired) electrons. The number of esters is 2. The quantitative estimate of drug-likeness (QED) is 0.513. The fraction of sp³-hybridized carbons (Fsp3) is 0.231. The van der Waals surface area contributed by atoms with Crippen LogP contribution in [0.5, 0.6) is 0 Å². The van der Waals surface area contributed by atoms with Crippen molar-refractivity contribution >= 4 is 17.6 Å². The van der Waals surface area contributed by atoms with Crippen LogP contribution in [0.4, 0.5) is 23.2 Å². The van der Waals surface area contributed by atoms with Crippen molar-refractivity contribution in [1.29, 1.82) is 0 Å². The third-order valence-electron chi connectivity index (χ3n) is 2.48. The Morgan fingerprint density at radius 1 is 1.18 bits per heavy atom. The van der Waals surface area contributed by atoms with E-state index in [4.69, 9.17) is 0 Å². The topological polar surface area (TPSA) is 64.6 Å². The van der Waals surface area contributed by atoms with Gasteiger partial charge in [-0.2, -0.15) is 0 Å². The summed E-state index contributed by atoms with van der Waals surface area (Å²) in [7, 11) is 2.02. The van der Waals surface area contributed by atoms with E-state index in [1.165, 1.54) is 0 Å². The number of alkyl halides is 2. The number of hydrogen-bond donors (Lipinski definition) is 1. The first-order valence-electron chi connectivity index (χ1n) is 5.72. The second kappa shape index (κ2) is 7.43. The van der Waals surface area contributed by atoms with Gasteiger partial charge in [-0.05, 0) is 12.1 Å². The molecule has 0 saturated carbocycles. The number of carbonyl (C=O) groups excluding carboxylic acids is 2. The fourth-order valence-electron chi connectivity index (χ4n) is 1.44. The van der Waals surface area contributed by atoms with Crippen molar-refractivity contribution < 1.29 is 36.6 Å². The van der Waals surface area contributed by atoms with Gasteiger partial charge in [-0.1, -0.05) is 0 Å². The van der Waals surface area contributed by atoms with Crippen molar-refractivity contribution in [2.24, 2.45) is 0 Å². The van der Waals surface area contributed by atoms with Gasteiger partial charge in [-0.15, -0.1) is 0 Å². The van der Waals surface area contributed by atoms with Crippen molar-refractivity contribution in [3.63, 3.8) is 0 Å². The number of anilines is 1. The summed E-state index contributed by atoms with van der Waals surface area (Å²) >= 11 is 0. The molecule has 5 nitrogen and oxygen atoms in total. The van der Waals surface area contributed by atoms with Crippen LogP contribution in [0, 0.1) is 11.6 Å². The highest BCUT2D eigenvalue weighted by molar-refractivity contribution is 5.98. The Morgan fingerprint density at radius 3 is 2.32 bits per heavy atom. The first kappa shape index (κ1) is 17.5. The van der Waals surface area contributed by atoms with Crippen molar-refractivity contribution in [3.05, 3.63) is 41.1 Å². The molecule has 1 aromatic rings. The summed E-state index contributed by atoms with van der Waals surface area (Å²) in [6, 6.07) is 1.39. The zero-order valence-corrected chi connectivity index (χ0v) is 11.5. The molecule has 9 heteroatoms. The van der Waals surface area contributed by atoms with E-state index >= 15 is 0 Å². The largest absolute Gasteiger partial charge is 0.466 e. The minimum Gasteiger partial charge on any atom is -0.466 e. The molecule has 0 aliphatic heterocycles. The first-order valence-corrected chi connectivity index (χ1v) is 5.72. The van der Waals surface area contributed by atoms with E-state index in [1.54, 1.807) is 0 Å². The first-order chi connectivity index (χ1) is 10.3. The number of hydrogen-bond acceptors (Lipinski definition) is 5. The third-order valence-corrected chi connectivity index (χ3v) is 2.48. The number of carbonyl (C=O) groups is 2.